The first-order valence-electron chi connectivity index (χ1n) is 5.58. The maximum Gasteiger partial charge on any atom is 0.225 e. The summed E-state index contributed by atoms with van der Waals surface area (Å²) in [5.41, 5.74) is 0. The Morgan fingerprint density at radius 3 is 2.43 bits per heavy atom. The zero-order valence-electron chi connectivity index (χ0n) is 9.20. The third-order valence-corrected chi connectivity index (χ3v) is 2.95. The van der Waals surface area contributed by atoms with E-state index in [9.17, 15) is 4.79 Å². The average molecular weight is 199 g/mol. The van der Waals surface area contributed by atoms with Gasteiger partial charge < -0.3 is 10.0 Å². The zero-order valence-corrected chi connectivity index (χ0v) is 9.20. The molecule has 0 radical (unpaired) electrons. The van der Waals surface area contributed by atoms with Gasteiger partial charge in [0.1, 0.15) is 0 Å². The van der Waals surface area contributed by atoms with Crippen molar-refractivity contribution in [3.63, 3.8) is 0 Å². The maximum absolute atomic E-state index is 12.0. The van der Waals surface area contributed by atoms with Crippen LogP contribution in [0, 0.1) is 5.92 Å². The van der Waals surface area contributed by atoms with Crippen LogP contribution in [0.1, 0.15) is 39.5 Å². The molecule has 14 heavy (non-hydrogen) atoms. The summed E-state index contributed by atoms with van der Waals surface area (Å²) >= 11 is 0. The maximum atomic E-state index is 12.0. The lowest BCUT2D eigenvalue weighted by Gasteiger charge is -2.28. The minimum atomic E-state index is 0.0661. The predicted octanol–water partition coefficient (Wildman–Crippen LogP) is 1.41. The van der Waals surface area contributed by atoms with Gasteiger partial charge in [-0.05, 0) is 26.7 Å². The Morgan fingerprint density at radius 1 is 1.43 bits per heavy atom. The highest BCUT2D eigenvalue weighted by atomic mass is 16.3. The van der Waals surface area contributed by atoms with Gasteiger partial charge in [-0.25, -0.2) is 0 Å². The molecule has 3 heteroatoms. The van der Waals surface area contributed by atoms with Gasteiger partial charge in [0.25, 0.3) is 0 Å². The highest BCUT2D eigenvalue weighted by Gasteiger charge is 2.27. The van der Waals surface area contributed by atoms with Crippen LogP contribution in [0.2, 0.25) is 0 Å². The summed E-state index contributed by atoms with van der Waals surface area (Å²) in [4.78, 5) is 13.8. The van der Waals surface area contributed by atoms with E-state index in [4.69, 9.17) is 5.11 Å². The van der Waals surface area contributed by atoms with Gasteiger partial charge in [-0.1, -0.05) is 12.8 Å². The summed E-state index contributed by atoms with van der Waals surface area (Å²) in [6.45, 7) is 4.55. The van der Waals surface area contributed by atoms with E-state index in [1.54, 1.807) is 4.90 Å². The van der Waals surface area contributed by atoms with Gasteiger partial charge in [0.2, 0.25) is 5.91 Å². The monoisotopic (exact) mass is 199 g/mol. The lowest BCUT2D eigenvalue weighted by Crippen LogP contribution is -2.42. The van der Waals surface area contributed by atoms with E-state index in [1.807, 2.05) is 13.8 Å². The fourth-order valence-corrected chi connectivity index (χ4v) is 2.14. The Balaban J connectivity index is 2.53. The fourth-order valence-electron chi connectivity index (χ4n) is 2.14. The highest BCUT2D eigenvalue weighted by molar-refractivity contribution is 5.79. The van der Waals surface area contributed by atoms with Crippen molar-refractivity contribution in [3.05, 3.63) is 0 Å². The van der Waals surface area contributed by atoms with Crippen LogP contribution in [0.25, 0.3) is 0 Å². The van der Waals surface area contributed by atoms with E-state index in [1.165, 1.54) is 12.8 Å². The Labute approximate surface area is 86.1 Å². The van der Waals surface area contributed by atoms with Crippen molar-refractivity contribution in [2.24, 2.45) is 5.92 Å². The van der Waals surface area contributed by atoms with Gasteiger partial charge >= 0.3 is 0 Å². The van der Waals surface area contributed by atoms with E-state index in [0.717, 1.165) is 12.8 Å². The number of nitrogens with zero attached hydrogens (tertiary/aromatic N) is 1. The third kappa shape index (κ3) is 2.71. The van der Waals surface area contributed by atoms with Crippen molar-refractivity contribution < 1.29 is 9.90 Å². The van der Waals surface area contributed by atoms with Gasteiger partial charge in [-0.3, -0.25) is 4.79 Å². The Bertz CT molecular complexity index is 186. The molecule has 3 nitrogen and oxygen atoms in total. The molecule has 0 bridgehead atoms. The molecule has 0 aromatic heterocycles. The van der Waals surface area contributed by atoms with Crippen LogP contribution in [0.15, 0.2) is 0 Å². The fraction of sp³-hybridized carbons (Fsp3) is 0.909. The number of hydrogen-bond donors (Lipinski definition) is 1. The second kappa shape index (κ2) is 5.35. The summed E-state index contributed by atoms with van der Waals surface area (Å²) in [5, 5.41) is 8.88. The largest absolute Gasteiger partial charge is 0.395 e. The molecule has 0 saturated heterocycles. The first-order valence-corrected chi connectivity index (χ1v) is 5.58. The van der Waals surface area contributed by atoms with Crippen molar-refractivity contribution in [2.75, 3.05) is 13.2 Å². The van der Waals surface area contributed by atoms with Crippen LogP contribution in [0.5, 0.6) is 0 Å². The van der Waals surface area contributed by atoms with E-state index in [2.05, 4.69) is 0 Å². The number of hydrogen-bond acceptors (Lipinski definition) is 2. The molecular formula is C11H21NO2. The highest BCUT2D eigenvalue weighted by Crippen LogP contribution is 2.27. The first kappa shape index (κ1) is 11.5. The Morgan fingerprint density at radius 2 is 2.00 bits per heavy atom. The van der Waals surface area contributed by atoms with Crippen LogP contribution in [0.3, 0.4) is 0 Å². The van der Waals surface area contributed by atoms with Gasteiger partial charge in [-0.2, -0.15) is 0 Å². The van der Waals surface area contributed by atoms with Gasteiger partial charge in [0.05, 0.1) is 6.61 Å². The van der Waals surface area contributed by atoms with Crippen molar-refractivity contribution in [1.29, 1.82) is 0 Å². The van der Waals surface area contributed by atoms with Crippen LogP contribution in [-0.2, 0) is 4.79 Å². The average Bonchev–Trinajstić information content (AvgIpc) is 2.65. The van der Waals surface area contributed by atoms with Crippen LogP contribution < -0.4 is 0 Å². The normalized spacial score (nSPS) is 17.7. The molecule has 1 saturated carbocycles. The van der Waals surface area contributed by atoms with Crippen molar-refractivity contribution in [3.8, 4) is 0 Å². The van der Waals surface area contributed by atoms with Crippen LogP contribution >= 0.6 is 0 Å². The number of carbonyl (C=O) groups excluding carboxylic acids is 1. The first-order chi connectivity index (χ1) is 6.66. The molecule has 0 aromatic rings. The quantitative estimate of drug-likeness (QED) is 0.743. The summed E-state index contributed by atoms with van der Waals surface area (Å²) in [6.07, 6.45) is 4.43. The molecule has 0 unspecified atom stereocenters. The molecule has 1 aliphatic rings. The number of aliphatic hydroxyl groups excluding tert-OH is 1. The van der Waals surface area contributed by atoms with Crippen molar-refractivity contribution >= 4 is 5.91 Å². The number of carbonyl (C=O) groups is 1. The molecule has 1 amide bonds. The van der Waals surface area contributed by atoms with E-state index < -0.39 is 0 Å². The van der Waals surface area contributed by atoms with E-state index in [0.29, 0.717) is 6.54 Å². The number of rotatable bonds is 4. The lowest BCUT2D eigenvalue weighted by molar-refractivity contribution is -0.137. The molecule has 0 atom stereocenters. The summed E-state index contributed by atoms with van der Waals surface area (Å²) in [6, 6.07) is 0.204. The molecule has 1 fully saturated rings. The van der Waals surface area contributed by atoms with E-state index in [-0.39, 0.29) is 24.5 Å². The molecule has 1 rings (SSSR count). The second-order valence-corrected chi connectivity index (χ2v) is 4.33. The van der Waals surface area contributed by atoms with Gasteiger partial charge in [-0.15, -0.1) is 0 Å². The minimum absolute atomic E-state index is 0.0661. The lowest BCUT2D eigenvalue weighted by atomic mass is 10.1. The standard InChI is InChI=1S/C11H21NO2/c1-9(2)12(7-8-13)11(14)10-5-3-4-6-10/h9-10,13H,3-8H2,1-2H3. The van der Waals surface area contributed by atoms with Crippen LogP contribution in [0.4, 0.5) is 0 Å². The molecule has 0 aromatic carbocycles. The van der Waals surface area contributed by atoms with Gasteiger partial charge in [0, 0.05) is 18.5 Å². The van der Waals surface area contributed by atoms with Crippen molar-refractivity contribution in [1.82, 2.24) is 4.90 Å². The van der Waals surface area contributed by atoms with Crippen molar-refractivity contribution in [2.45, 2.75) is 45.6 Å². The molecule has 1 N–H and O–H groups in total. The number of amides is 1. The summed E-state index contributed by atoms with van der Waals surface area (Å²) in [5.74, 6) is 0.468. The predicted molar refractivity (Wildman–Crippen MR) is 55.9 cm³/mol. The second-order valence-electron chi connectivity index (χ2n) is 4.33. The molecule has 0 spiro atoms. The molecule has 1 aliphatic carbocycles. The SMILES string of the molecule is CC(C)N(CCO)C(=O)C1CCCC1. The van der Waals surface area contributed by atoms with Crippen LogP contribution in [-0.4, -0.2) is 35.1 Å². The molecule has 0 heterocycles. The minimum Gasteiger partial charge on any atom is -0.395 e. The molecular weight excluding hydrogens is 178 g/mol. The Hall–Kier alpha value is -0.570. The molecule has 0 aliphatic heterocycles. The Kier molecular flexibility index (Phi) is 4.39. The van der Waals surface area contributed by atoms with Gasteiger partial charge in [0.15, 0.2) is 0 Å². The summed E-state index contributed by atoms with van der Waals surface area (Å²) in [7, 11) is 0. The molecule has 82 valence electrons. The van der Waals surface area contributed by atoms with E-state index >= 15 is 0 Å². The summed E-state index contributed by atoms with van der Waals surface area (Å²) < 4.78 is 0. The number of aliphatic hydroxyl groups is 1. The zero-order chi connectivity index (χ0) is 10.6. The smallest absolute Gasteiger partial charge is 0.225 e. The third-order valence-electron chi connectivity index (χ3n) is 2.95. The topological polar surface area (TPSA) is 40.5 Å².